The van der Waals surface area contributed by atoms with Gasteiger partial charge in [0.25, 0.3) is 17.7 Å². The minimum atomic E-state index is -0.305. The number of rotatable bonds is 4. The maximum absolute atomic E-state index is 12.9. The normalized spacial score (nSPS) is 17.6. The molecular weight excluding hydrogens is 380 g/mol. The second-order valence-corrected chi connectivity index (χ2v) is 7.66. The van der Waals surface area contributed by atoms with Crippen molar-refractivity contribution in [2.45, 2.75) is 31.8 Å². The number of aryl methyl sites for hydroxylation is 1. The zero-order chi connectivity index (χ0) is 20.7. The lowest BCUT2D eigenvalue weighted by Crippen LogP contribution is -2.31. The van der Waals surface area contributed by atoms with Crippen LogP contribution < -0.4 is 5.32 Å². The number of imide groups is 1. The smallest absolute Gasteiger partial charge is 0.261 e. The van der Waals surface area contributed by atoms with E-state index in [0.717, 1.165) is 36.1 Å². The first kappa shape index (κ1) is 18.4. The van der Waals surface area contributed by atoms with Gasteiger partial charge in [0.15, 0.2) is 0 Å². The Labute approximate surface area is 173 Å². The second kappa shape index (κ2) is 7.30. The predicted octanol–water partition coefficient (Wildman–Crippen LogP) is 3.88. The van der Waals surface area contributed by atoms with Gasteiger partial charge in [-0.05, 0) is 48.7 Å². The average molecular weight is 400 g/mol. The van der Waals surface area contributed by atoms with Crippen LogP contribution in [0.5, 0.6) is 0 Å². The molecule has 2 heterocycles. The molecule has 3 amide bonds. The quantitative estimate of drug-likeness (QED) is 0.674. The van der Waals surface area contributed by atoms with Gasteiger partial charge in [0.05, 0.1) is 30.0 Å². The van der Waals surface area contributed by atoms with E-state index >= 15 is 0 Å². The Morgan fingerprint density at radius 2 is 1.80 bits per heavy atom. The molecule has 5 rings (SSSR count). The van der Waals surface area contributed by atoms with Gasteiger partial charge in [0.1, 0.15) is 5.76 Å². The number of fused-ring (bicyclic) bond motifs is 2. The first-order chi connectivity index (χ1) is 14.6. The van der Waals surface area contributed by atoms with E-state index in [1.165, 1.54) is 4.90 Å². The van der Waals surface area contributed by atoms with E-state index in [2.05, 4.69) is 5.32 Å². The Kier molecular flexibility index (Phi) is 4.47. The molecule has 0 saturated carbocycles. The van der Waals surface area contributed by atoms with Gasteiger partial charge in [-0.15, -0.1) is 0 Å². The number of carbonyl (C=O) groups is 3. The fourth-order valence-electron chi connectivity index (χ4n) is 4.25. The minimum Gasteiger partial charge on any atom is -0.469 e. The van der Waals surface area contributed by atoms with Gasteiger partial charge in [0, 0.05) is 17.5 Å². The van der Waals surface area contributed by atoms with Crippen LogP contribution in [0, 0.1) is 0 Å². The Bertz CT molecular complexity index is 1130. The number of carbonyl (C=O) groups excluding carboxylic acids is 3. The third-order valence-corrected chi connectivity index (χ3v) is 5.77. The summed E-state index contributed by atoms with van der Waals surface area (Å²) in [6.07, 6.45) is 4.39. The summed E-state index contributed by atoms with van der Waals surface area (Å²) in [5, 5.41) is 3.08. The molecule has 6 nitrogen and oxygen atoms in total. The summed E-state index contributed by atoms with van der Waals surface area (Å²) in [5.74, 6) is 0.143. The lowest BCUT2D eigenvalue weighted by Gasteiger charge is -2.23. The van der Waals surface area contributed by atoms with Crippen LogP contribution >= 0.6 is 0 Å². The van der Waals surface area contributed by atoms with E-state index in [4.69, 9.17) is 4.42 Å². The largest absolute Gasteiger partial charge is 0.469 e. The molecular formula is C24H20N2O4. The summed E-state index contributed by atoms with van der Waals surface area (Å²) in [4.78, 5) is 39.3. The first-order valence-corrected chi connectivity index (χ1v) is 10.0. The third kappa shape index (κ3) is 3.10. The fraction of sp³-hybridized carbons (Fsp3) is 0.208. The average Bonchev–Trinajstić information content (AvgIpc) is 3.34. The monoisotopic (exact) mass is 400 g/mol. The van der Waals surface area contributed by atoms with Crippen LogP contribution in [-0.2, 0) is 13.0 Å². The fourth-order valence-corrected chi connectivity index (χ4v) is 4.25. The summed E-state index contributed by atoms with van der Waals surface area (Å²) < 4.78 is 5.49. The molecule has 1 aromatic heterocycles. The highest BCUT2D eigenvalue weighted by Gasteiger charge is 2.35. The molecule has 1 aliphatic heterocycles. The lowest BCUT2D eigenvalue weighted by atomic mass is 9.93. The van der Waals surface area contributed by atoms with Crippen molar-refractivity contribution in [2.75, 3.05) is 0 Å². The zero-order valence-corrected chi connectivity index (χ0v) is 16.3. The molecule has 1 N–H and O–H groups in total. The van der Waals surface area contributed by atoms with E-state index in [9.17, 15) is 14.4 Å². The highest BCUT2D eigenvalue weighted by molar-refractivity contribution is 6.21. The molecule has 0 fully saturated rings. The van der Waals surface area contributed by atoms with E-state index in [0.29, 0.717) is 16.7 Å². The first-order valence-electron chi connectivity index (χ1n) is 10.0. The SMILES string of the molecule is O=C(NC1CCCc2occc21)c1cccc(CN2C(=O)c3ccccc3C2=O)c1. The summed E-state index contributed by atoms with van der Waals surface area (Å²) in [7, 11) is 0. The number of benzene rings is 2. The van der Waals surface area contributed by atoms with E-state index < -0.39 is 0 Å². The van der Waals surface area contributed by atoms with Crippen LogP contribution in [0.15, 0.2) is 65.3 Å². The summed E-state index contributed by atoms with van der Waals surface area (Å²) >= 11 is 0. The number of amides is 3. The molecule has 3 aromatic rings. The number of nitrogens with one attached hydrogen (secondary N) is 1. The standard InChI is InChI=1S/C24H20N2O4/c27-22(25-20-9-4-10-21-19(20)11-12-30-21)16-6-3-5-15(13-16)14-26-23(28)17-7-1-2-8-18(17)24(26)29/h1-3,5-8,11-13,20H,4,9-10,14H2,(H,25,27). The third-order valence-electron chi connectivity index (χ3n) is 5.77. The number of nitrogens with zero attached hydrogens (tertiary/aromatic N) is 1. The maximum atomic E-state index is 12.9. The molecule has 2 aromatic carbocycles. The van der Waals surface area contributed by atoms with Crippen LogP contribution in [0.25, 0.3) is 0 Å². The zero-order valence-electron chi connectivity index (χ0n) is 16.3. The molecule has 6 heteroatoms. The van der Waals surface area contributed by atoms with Gasteiger partial charge in [-0.25, -0.2) is 0 Å². The van der Waals surface area contributed by atoms with Crippen molar-refractivity contribution in [1.29, 1.82) is 0 Å². The van der Waals surface area contributed by atoms with Crippen LogP contribution in [0.3, 0.4) is 0 Å². The predicted molar refractivity (Wildman–Crippen MR) is 109 cm³/mol. The van der Waals surface area contributed by atoms with E-state index in [-0.39, 0.29) is 30.3 Å². The Balaban J connectivity index is 1.33. The van der Waals surface area contributed by atoms with Crippen molar-refractivity contribution in [3.8, 4) is 0 Å². The van der Waals surface area contributed by atoms with Crippen molar-refractivity contribution >= 4 is 17.7 Å². The minimum absolute atomic E-state index is 0.0695. The van der Waals surface area contributed by atoms with Crippen LogP contribution in [0.2, 0.25) is 0 Å². The number of hydrogen-bond donors (Lipinski definition) is 1. The van der Waals surface area contributed by atoms with Crippen LogP contribution in [-0.4, -0.2) is 22.6 Å². The summed E-state index contributed by atoms with van der Waals surface area (Å²) in [6.45, 7) is 0.128. The molecule has 0 spiro atoms. The highest BCUT2D eigenvalue weighted by atomic mass is 16.3. The molecule has 0 bridgehead atoms. The van der Waals surface area contributed by atoms with Gasteiger partial charge >= 0.3 is 0 Å². The molecule has 30 heavy (non-hydrogen) atoms. The van der Waals surface area contributed by atoms with E-state index in [1.807, 2.05) is 12.1 Å². The van der Waals surface area contributed by atoms with Crippen LogP contribution in [0.4, 0.5) is 0 Å². The molecule has 150 valence electrons. The molecule has 0 saturated heterocycles. The molecule has 1 unspecified atom stereocenters. The van der Waals surface area contributed by atoms with Gasteiger partial charge in [-0.3, -0.25) is 19.3 Å². The molecule has 1 aliphatic carbocycles. The van der Waals surface area contributed by atoms with Crippen LogP contribution in [0.1, 0.15) is 66.8 Å². The van der Waals surface area contributed by atoms with Crippen molar-refractivity contribution < 1.29 is 18.8 Å². The Morgan fingerprint density at radius 3 is 2.57 bits per heavy atom. The van der Waals surface area contributed by atoms with E-state index in [1.54, 1.807) is 48.7 Å². The van der Waals surface area contributed by atoms with Crippen molar-refractivity contribution in [3.63, 3.8) is 0 Å². The second-order valence-electron chi connectivity index (χ2n) is 7.66. The maximum Gasteiger partial charge on any atom is 0.261 e. The van der Waals surface area contributed by atoms with Gasteiger partial charge in [0.2, 0.25) is 0 Å². The Hall–Kier alpha value is -3.67. The van der Waals surface area contributed by atoms with Gasteiger partial charge in [-0.2, -0.15) is 0 Å². The topological polar surface area (TPSA) is 79.6 Å². The summed E-state index contributed by atoms with van der Waals surface area (Å²) in [6, 6.07) is 15.7. The molecule has 1 atom stereocenters. The van der Waals surface area contributed by atoms with Crippen molar-refractivity contribution in [1.82, 2.24) is 10.2 Å². The molecule has 2 aliphatic rings. The number of hydrogen-bond acceptors (Lipinski definition) is 4. The highest BCUT2D eigenvalue weighted by Crippen LogP contribution is 2.31. The lowest BCUT2D eigenvalue weighted by molar-refractivity contribution is 0.0642. The van der Waals surface area contributed by atoms with Gasteiger partial charge in [-0.1, -0.05) is 24.3 Å². The van der Waals surface area contributed by atoms with Gasteiger partial charge < -0.3 is 9.73 Å². The van der Waals surface area contributed by atoms with Crippen molar-refractivity contribution in [2.24, 2.45) is 0 Å². The van der Waals surface area contributed by atoms with Crippen molar-refractivity contribution in [3.05, 3.63) is 94.4 Å². The number of furan rings is 1. The molecule has 0 radical (unpaired) electrons. The summed E-state index contributed by atoms with van der Waals surface area (Å²) in [5.41, 5.74) is 3.11. The Morgan fingerprint density at radius 1 is 1.03 bits per heavy atom.